The van der Waals surface area contributed by atoms with Crippen LogP contribution in [-0.2, 0) is 0 Å². The second kappa shape index (κ2) is 7.89. The molecule has 132 valence electrons. The van der Waals surface area contributed by atoms with Crippen LogP contribution >= 0.6 is 24.0 Å². The highest BCUT2D eigenvalue weighted by Crippen LogP contribution is 2.46. The van der Waals surface area contributed by atoms with E-state index in [0.29, 0.717) is 0 Å². The van der Waals surface area contributed by atoms with Gasteiger partial charge in [-0.3, -0.25) is 9.89 Å². The first-order valence-electron chi connectivity index (χ1n) is 9.53. The van der Waals surface area contributed by atoms with Gasteiger partial charge in [0.05, 0.1) is 0 Å². The van der Waals surface area contributed by atoms with Gasteiger partial charge in [-0.25, -0.2) is 0 Å². The molecule has 3 unspecified atom stereocenters. The fraction of sp³-hybridized carbons (Fsp3) is 0.944. The van der Waals surface area contributed by atoms with Crippen molar-refractivity contribution >= 4 is 29.9 Å². The highest BCUT2D eigenvalue weighted by atomic mass is 127. The van der Waals surface area contributed by atoms with Crippen molar-refractivity contribution in [3.05, 3.63) is 0 Å². The Morgan fingerprint density at radius 2 is 1.83 bits per heavy atom. The van der Waals surface area contributed by atoms with Crippen LogP contribution in [0, 0.1) is 17.8 Å². The molecule has 3 saturated carbocycles. The largest absolute Gasteiger partial charge is 0.356 e. The molecule has 1 aliphatic heterocycles. The lowest BCUT2D eigenvalue weighted by atomic mass is 9.93. The summed E-state index contributed by atoms with van der Waals surface area (Å²) >= 11 is 0. The molecule has 3 atom stereocenters. The molecular formula is C18H33IN4. The van der Waals surface area contributed by atoms with Gasteiger partial charge in [0.1, 0.15) is 0 Å². The average Bonchev–Trinajstić information content (AvgIpc) is 3.14. The van der Waals surface area contributed by atoms with Gasteiger partial charge in [0, 0.05) is 45.8 Å². The number of fused-ring (bicyclic) bond motifs is 2. The van der Waals surface area contributed by atoms with Gasteiger partial charge in [-0.2, -0.15) is 0 Å². The van der Waals surface area contributed by atoms with E-state index in [1.165, 1.54) is 58.0 Å². The standard InChI is InChI=1S/C18H32N4.HI/c1-19-18(20-7-6-14-2-3-14)22-10-8-21(9-11-22)17-13-15-4-5-16(17)12-15;/h14-17H,2-13H2,1H3,(H,19,20);1H. The lowest BCUT2D eigenvalue weighted by Gasteiger charge is -2.42. The van der Waals surface area contributed by atoms with E-state index in [1.807, 2.05) is 7.05 Å². The second-order valence-corrected chi connectivity index (χ2v) is 7.97. The first-order chi connectivity index (χ1) is 10.8. The second-order valence-electron chi connectivity index (χ2n) is 7.97. The summed E-state index contributed by atoms with van der Waals surface area (Å²) < 4.78 is 0. The fourth-order valence-corrected chi connectivity index (χ4v) is 5.05. The quantitative estimate of drug-likeness (QED) is 0.421. The summed E-state index contributed by atoms with van der Waals surface area (Å²) in [4.78, 5) is 9.76. The van der Waals surface area contributed by atoms with Gasteiger partial charge in [-0.05, 0) is 43.4 Å². The lowest BCUT2D eigenvalue weighted by molar-refractivity contribution is 0.0958. The van der Waals surface area contributed by atoms with Crippen molar-refractivity contribution in [2.75, 3.05) is 39.8 Å². The summed E-state index contributed by atoms with van der Waals surface area (Å²) in [6.45, 7) is 5.87. The molecule has 5 heteroatoms. The molecule has 3 aliphatic carbocycles. The third-order valence-electron chi connectivity index (χ3n) is 6.53. The molecule has 4 aliphatic rings. The summed E-state index contributed by atoms with van der Waals surface area (Å²) in [7, 11) is 1.93. The molecule has 23 heavy (non-hydrogen) atoms. The van der Waals surface area contributed by atoms with Crippen molar-refractivity contribution in [1.29, 1.82) is 0 Å². The number of nitrogens with zero attached hydrogens (tertiary/aromatic N) is 3. The first kappa shape index (κ1) is 17.8. The smallest absolute Gasteiger partial charge is 0.193 e. The van der Waals surface area contributed by atoms with Crippen molar-refractivity contribution in [1.82, 2.24) is 15.1 Å². The number of piperazine rings is 1. The molecule has 0 radical (unpaired) electrons. The predicted octanol–water partition coefficient (Wildman–Crippen LogP) is 2.79. The monoisotopic (exact) mass is 432 g/mol. The summed E-state index contributed by atoms with van der Waals surface area (Å²) in [6, 6.07) is 0.908. The van der Waals surface area contributed by atoms with Crippen LogP contribution in [-0.4, -0.2) is 61.6 Å². The number of hydrogen-bond acceptors (Lipinski definition) is 2. The van der Waals surface area contributed by atoms with Gasteiger partial charge in [-0.15, -0.1) is 24.0 Å². The number of aliphatic imine (C=N–C) groups is 1. The molecule has 0 aromatic heterocycles. The van der Waals surface area contributed by atoms with E-state index in [-0.39, 0.29) is 24.0 Å². The molecule has 1 saturated heterocycles. The Morgan fingerprint density at radius 1 is 1.04 bits per heavy atom. The van der Waals surface area contributed by atoms with Crippen LogP contribution in [0.4, 0.5) is 0 Å². The average molecular weight is 432 g/mol. The van der Waals surface area contributed by atoms with Crippen molar-refractivity contribution in [3.63, 3.8) is 0 Å². The minimum atomic E-state index is 0. The highest BCUT2D eigenvalue weighted by molar-refractivity contribution is 14.0. The first-order valence-corrected chi connectivity index (χ1v) is 9.53. The summed E-state index contributed by atoms with van der Waals surface area (Å²) in [5.74, 6) is 4.21. The normalized spacial score (nSPS) is 34.6. The molecule has 0 aromatic rings. The number of guanidine groups is 1. The maximum absolute atomic E-state index is 4.50. The van der Waals surface area contributed by atoms with E-state index < -0.39 is 0 Å². The summed E-state index contributed by atoms with van der Waals surface area (Å²) in [5, 5.41) is 3.58. The Bertz CT molecular complexity index is 415. The molecule has 1 N–H and O–H groups in total. The minimum absolute atomic E-state index is 0. The van der Waals surface area contributed by atoms with E-state index in [1.54, 1.807) is 0 Å². The van der Waals surface area contributed by atoms with Crippen LogP contribution in [0.2, 0.25) is 0 Å². The van der Waals surface area contributed by atoms with Crippen LogP contribution in [0.25, 0.3) is 0 Å². The number of halogens is 1. The maximum Gasteiger partial charge on any atom is 0.193 e. The topological polar surface area (TPSA) is 30.9 Å². The molecule has 0 aromatic carbocycles. The van der Waals surface area contributed by atoms with Gasteiger partial charge in [0.15, 0.2) is 5.96 Å². The zero-order chi connectivity index (χ0) is 14.9. The Morgan fingerprint density at radius 3 is 2.39 bits per heavy atom. The highest BCUT2D eigenvalue weighted by Gasteiger charge is 2.42. The Balaban J connectivity index is 0.00000156. The molecule has 0 amide bonds. The van der Waals surface area contributed by atoms with E-state index >= 15 is 0 Å². The molecule has 4 rings (SSSR count). The van der Waals surface area contributed by atoms with E-state index in [2.05, 4.69) is 20.1 Å². The predicted molar refractivity (Wildman–Crippen MR) is 106 cm³/mol. The minimum Gasteiger partial charge on any atom is -0.356 e. The van der Waals surface area contributed by atoms with Crippen molar-refractivity contribution in [2.45, 2.75) is 51.0 Å². The van der Waals surface area contributed by atoms with Crippen molar-refractivity contribution in [2.24, 2.45) is 22.7 Å². The maximum atomic E-state index is 4.50. The van der Waals surface area contributed by atoms with E-state index in [4.69, 9.17) is 0 Å². The van der Waals surface area contributed by atoms with Crippen LogP contribution in [0.15, 0.2) is 4.99 Å². The molecule has 0 spiro atoms. The van der Waals surface area contributed by atoms with E-state index in [0.717, 1.165) is 49.4 Å². The molecular weight excluding hydrogens is 399 g/mol. The molecule has 1 heterocycles. The van der Waals surface area contributed by atoms with Crippen LogP contribution in [0.1, 0.15) is 44.9 Å². The van der Waals surface area contributed by atoms with Crippen molar-refractivity contribution in [3.8, 4) is 0 Å². The molecule has 2 bridgehead atoms. The van der Waals surface area contributed by atoms with Gasteiger partial charge in [0.2, 0.25) is 0 Å². The Hall–Kier alpha value is -0.0400. The zero-order valence-corrected chi connectivity index (χ0v) is 16.9. The van der Waals surface area contributed by atoms with Gasteiger partial charge < -0.3 is 10.2 Å². The van der Waals surface area contributed by atoms with E-state index in [9.17, 15) is 0 Å². The van der Waals surface area contributed by atoms with Gasteiger partial charge in [0.25, 0.3) is 0 Å². The van der Waals surface area contributed by atoms with Gasteiger partial charge in [-0.1, -0.05) is 19.3 Å². The SMILES string of the molecule is CN=C(NCCC1CC1)N1CCN(C2CC3CCC2C3)CC1.I. The zero-order valence-electron chi connectivity index (χ0n) is 14.5. The van der Waals surface area contributed by atoms with Gasteiger partial charge >= 0.3 is 0 Å². The Labute approximate surface area is 158 Å². The third-order valence-corrected chi connectivity index (χ3v) is 6.53. The number of rotatable bonds is 4. The Kier molecular flexibility index (Phi) is 6.10. The lowest BCUT2D eigenvalue weighted by Crippen LogP contribution is -2.55. The van der Waals surface area contributed by atoms with Crippen LogP contribution in [0.5, 0.6) is 0 Å². The fourth-order valence-electron chi connectivity index (χ4n) is 5.05. The summed E-state index contributed by atoms with van der Waals surface area (Å²) in [5.41, 5.74) is 0. The van der Waals surface area contributed by atoms with Crippen LogP contribution < -0.4 is 5.32 Å². The molecule has 4 nitrogen and oxygen atoms in total. The van der Waals surface area contributed by atoms with Crippen molar-refractivity contribution < 1.29 is 0 Å². The number of hydrogen-bond donors (Lipinski definition) is 1. The molecule has 4 fully saturated rings. The third kappa shape index (κ3) is 4.14. The van der Waals surface area contributed by atoms with Crippen LogP contribution in [0.3, 0.4) is 0 Å². The summed E-state index contributed by atoms with van der Waals surface area (Å²) in [6.07, 6.45) is 10.2. The number of nitrogens with one attached hydrogen (secondary N) is 1.